The molecule has 26 heavy (non-hydrogen) atoms. The molecule has 2 aliphatic heterocycles. The van der Waals surface area contributed by atoms with E-state index in [0.717, 1.165) is 30.6 Å². The average Bonchev–Trinajstić information content (AvgIpc) is 3.26. The molecule has 0 unspecified atom stereocenters. The minimum atomic E-state index is -0.652. The van der Waals surface area contributed by atoms with Crippen LogP contribution in [0.15, 0.2) is 29.8 Å². The van der Waals surface area contributed by atoms with Gasteiger partial charge >= 0.3 is 5.97 Å². The molecule has 2 saturated heterocycles. The summed E-state index contributed by atoms with van der Waals surface area (Å²) in [6.45, 7) is 3.70. The maximum absolute atomic E-state index is 12.3. The van der Waals surface area contributed by atoms with Gasteiger partial charge in [-0.15, -0.1) is 0 Å². The molecule has 2 fully saturated rings. The molecule has 138 valence electrons. The Hall–Kier alpha value is -2.36. The van der Waals surface area contributed by atoms with E-state index < -0.39 is 12.1 Å². The standard InChI is InChI=1S/C20H23NO5/c1-2-3-9-23-16-6-4-14(5-7-16)11-15(12-21)20(22)26-18-13-25-17-8-10-24-19(17)18/h4-7,11,17-19H,2-3,8-10,13H2,1H3/b15-11+/t17-,18-,19+/m1/s1. The molecule has 0 bridgehead atoms. The number of nitrogens with zero attached hydrogens (tertiary/aromatic N) is 1. The van der Waals surface area contributed by atoms with Gasteiger partial charge in [0.05, 0.1) is 19.3 Å². The molecule has 0 aromatic heterocycles. The van der Waals surface area contributed by atoms with Crippen LogP contribution < -0.4 is 4.74 Å². The van der Waals surface area contributed by atoms with Gasteiger partial charge in [-0.1, -0.05) is 25.5 Å². The van der Waals surface area contributed by atoms with Gasteiger partial charge < -0.3 is 18.9 Å². The Morgan fingerprint density at radius 3 is 2.88 bits per heavy atom. The number of carbonyl (C=O) groups excluding carboxylic acids is 1. The zero-order valence-electron chi connectivity index (χ0n) is 14.8. The number of rotatable bonds is 7. The molecule has 1 aromatic rings. The highest BCUT2D eigenvalue weighted by Crippen LogP contribution is 2.29. The third-order valence-corrected chi connectivity index (χ3v) is 4.48. The van der Waals surface area contributed by atoms with Crippen LogP contribution in [0.1, 0.15) is 31.7 Å². The van der Waals surface area contributed by atoms with E-state index in [9.17, 15) is 10.1 Å². The molecule has 1 aromatic carbocycles. The SMILES string of the molecule is CCCCOc1ccc(/C=C(\C#N)C(=O)O[C@@H]2CO[C@@H]3CCO[C@@H]32)cc1. The Balaban J connectivity index is 1.60. The fourth-order valence-electron chi connectivity index (χ4n) is 3.03. The summed E-state index contributed by atoms with van der Waals surface area (Å²) in [5.41, 5.74) is 0.685. The molecule has 0 amide bonds. The van der Waals surface area contributed by atoms with Crippen molar-refractivity contribution in [3.8, 4) is 11.8 Å². The molecule has 0 saturated carbocycles. The van der Waals surface area contributed by atoms with Crippen molar-refractivity contribution in [2.75, 3.05) is 19.8 Å². The number of hydrogen-bond donors (Lipinski definition) is 0. The normalized spacial score (nSPS) is 24.8. The van der Waals surface area contributed by atoms with Gasteiger partial charge in [0.25, 0.3) is 0 Å². The Bertz CT molecular complexity index is 691. The van der Waals surface area contributed by atoms with E-state index in [1.807, 2.05) is 18.2 Å². The van der Waals surface area contributed by atoms with Crippen LogP contribution in [0.2, 0.25) is 0 Å². The number of benzene rings is 1. The first kappa shape index (κ1) is 18.4. The molecule has 6 nitrogen and oxygen atoms in total. The maximum atomic E-state index is 12.3. The first-order valence-electron chi connectivity index (χ1n) is 9.00. The molecule has 2 aliphatic rings. The monoisotopic (exact) mass is 357 g/mol. The van der Waals surface area contributed by atoms with Crippen molar-refractivity contribution in [1.29, 1.82) is 5.26 Å². The fourth-order valence-corrected chi connectivity index (χ4v) is 3.03. The number of hydrogen-bond acceptors (Lipinski definition) is 6. The number of fused-ring (bicyclic) bond motifs is 1. The molecule has 0 radical (unpaired) electrons. The van der Waals surface area contributed by atoms with Crippen LogP contribution in [0.25, 0.3) is 6.08 Å². The minimum Gasteiger partial charge on any atom is -0.494 e. The zero-order valence-corrected chi connectivity index (χ0v) is 14.8. The van der Waals surface area contributed by atoms with Gasteiger partial charge in [-0.2, -0.15) is 5.26 Å². The van der Waals surface area contributed by atoms with Crippen molar-refractivity contribution >= 4 is 12.0 Å². The van der Waals surface area contributed by atoms with Gasteiger partial charge in [0.1, 0.15) is 23.5 Å². The van der Waals surface area contributed by atoms with E-state index in [1.165, 1.54) is 6.08 Å². The van der Waals surface area contributed by atoms with E-state index in [1.54, 1.807) is 12.1 Å². The molecule has 3 rings (SSSR count). The summed E-state index contributed by atoms with van der Waals surface area (Å²) < 4.78 is 22.2. The summed E-state index contributed by atoms with van der Waals surface area (Å²) in [7, 11) is 0. The third-order valence-electron chi connectivity index (χ3n) is 4.48. The predicted molar refractivity (Wildman–Crippen MR) is 94.4 cm³/mol. The lowest BCUT2D eigenvalue weighted by atomic mass is 10.1. The van der Waals surface area contributed by atoms with Crippen molar-refractivity contribution in [1.82, 2.24) is 0 Å². The van der Waals surface area contributed by atoms with Crippen LogP contribution in [0.3, 0.4) is 0 Å². The quantitative estimate of drug-likeness (QED) is 0.323. The molecular formula is C20H23NO5. The van der Waals surface area contributed by atoms with Gasteiger partial charge in [-0.05, 0) is 36.6 Å². The van der Waals surface area contributed by atoms with Crippen molar-refractivity contribution in [2.45, 2.75) is 44.5 Å². The highest BCUT2D eigenvalue weighted by molar-refractivity contribution is 5.98. The largest absolute Gasteiger partial charge is 0.494 e. The summed E-state index contributed by atoms with van der Waals surface area (Å²) in [6.07, 6.45) is 3.71. The Labute approximate surface area is 153 Å². The zero-order chi connectivity index (χ0) is 18.4. The molecule has 0 N–H and O–H groups in total. The number of ether oxygens (including phenoxy) is 4. The number of nitriles is 1. The van der Waals surface area contributed by atoms with Gasteiger partial charge in [0, 0.05) is 6.61 Å². The van der Waals surface area contributed by atoms with Crippen LogP contribution in [-0.4, -0.2) is 44.1 Å². The van der Waals surface area contributed by atoms with Crippen LogP contribution in [0.4, 0.5) is 0 Å². The maximum Gasteiger partial charge on any atom is 0.349 e. The van der Waals surface area contributed by atoms with E-state index in [2.05, 4.69) is 6.92 Å². The lowest BCUT2D eigenvalue weighted by Gasteiger charge is -2.16. The Morgan fingerprint density at radius 2 is 2.15 bits per heavy atom. The number of unbranched alkanes of at least 4 members (excludes halogenated alkanes) is 1. The molecule has 0 spiro atoms. The van der Waals surface area contributed by atoms with E-state index >= 15 is 0 Å². The van der Waals surface area contributed by atoms with Crippen LogP contribution in [0, 0.1) is 11.3 Å². The van der Waals surface area contributed by atoms with E-state index in [4.69, 9.17) is 18.9 Å². The second-order valence-corrected chi connectivity index (χ2v) is 6.38. The molecule has 2 heterocycles. The van der Waals surface area contributed by atoms with Gasteiger partial charge in [0.2, 0.25) is 0 Å². The summed E-state index contributed by atoms with van der Waals surface area (Å²) in [5, 5.41) is 9.31. The molecule has 6 heteroatoms. The highest BCUT2D eigenvalue weighted by Gasteiger charge is 2.44. The lowest BCUT2D eigenvalue weighted by molar-refractivity contribution is -0.148. The second kappa shape index (κ2) is 8.84. The van der Waals surface area contributed by atoms with Crippen LogP contribution in [-0.2, 0) is 19.0 Å². The Kier molecular flexibility index (Phi) is 6.26. The fraction of sp³-hybridized carbons (Fsp3) is 0.500. The third kappa shape index (κ3) is 4.43. The molecule has 0 aliphatic carbocycles. The highest BCUT2D eigenvalue weighted by atomic mass is 16.6. The summed E-state index contributed by atoms with van der Waals surface area (Å²) in [5.74, 6) is 0.115. The van der Waals surface area contributed by atoms with Crippen molar-refractivity contribution in [2.24, 2.45) is 0 Å². The van der Waals surface area contributed by atoms with Crippen molar-refractivity contribution < 1.29 is 23.7 Å². The predicted octanol–water partition coefficient (Wildman–Crippen LogP) is 2.87. The summed E-state index contributed by atoms with van der Waals surface area (Å²) in [4.78, 5) is 12.3. The Morgan fingerprint density at radius 1 is 1.35 bits per heavy atom. The van der Waals surface area contributed by atoms with Gasteiger partial charge in [-0.3, -0.25) is 0 Å². The number of esters is 1. The lowest BCUT2D eigenvalue weighted by Crippen LogP contribution is -2.32. The molecular weight excluding hydrogens is 334 g/mol. The van der Waals surface area contributed by atoms with Gasteiger partial charge in [-0.25, -0.2) is 4.79 Å². The topological polar surface area (TPSA) is 77.8 Å². The van der Waals surface area contributed by atoms with E-state index in [0.29, 0.717) is 19.8 Å². The van der Waals surface area contributed by atoms with Crippen LogP contribution >= 0.6 is 0 Å². The van der Waals surface area contributed by atoms with Crippen molar-refractivity contribution in [3.05, 3.63) is 35.4 Å². The van der Waals surface area contributed by atoms with Crippen molar-refractivity contribution in [3.63, 3.8) is 0 Å². The first-order chi connectivity index (χ1) is 12.7. The van der Waals surface area contributed by atoms with Gasteiger partial charge in [0.15, 0.2) is 6.10 Å². The van der Waals surface area contributed by atoms with E-state index in [-0.39, 0.29) is 17.8 Å². The smallest absolute Gasteiger partial charge is 0.349 e. The minimum absolute atomic E-state index is 0.0115. The molecule has 3 atom stereocenters. The summed E-state index contributed by atoms with van der Waals surface area (Å²) in [6, 6.07) is 9.17. The summed E-state index contributed by atoms with van der Waals surface area (Å²) >= 11 is 0. The average molecular weight is 357 g/mol. The second-order valence-electron chi connectivity index (χ2n) is 6.38. The van der Waals surface area contributed by atoms with Crippen LogP contribution in [0.5, 0.6) is 5.75 Å². The first-order valence-corrected chi connectivity index (χ1v) is 9.00. The number of carbonyl (C=O) groups is 1.